The zero-order valence-electron chi connectivity index (χ0n) is 21.2. The van der Waals surface area contributed by atoms with E-state index in [2.05, 4.69) is 29.0 Å². The van der Waals surface area contributed by atoms with Crippen molar-refractivity contribution in [2.24, 2.45) is 11.8 Å². The number of carbonyl (C=O) groups is 2. The van der Waals surface area contributed by atoms with Crippen LogP contribution in [0.1, 0.15) is 99.9 Å². The molecule has 1 N–H and O–H groups in total. The molecule has 3 heterocycles. The van der Waals surface area contributed by atoms with Crippen molar-refractivity contribution in [1.29, 1.82) is 0 Å². The van der Waals surface area contributed by atoms with Crippen LogP contribution in [0.4, 0.5) is 0 Å². The molecular weight excluding hydrogens is 422 g/mol. The predicted octanol–water partition coefficient (Wildman–Crippen LogP) is 4.97. The topological polar surface area (TPSA) is 52.7 Å². The van der Waals surface area contributed by atoms with Gasteiger partial charge in [-0.3, -0.25) is 9.59 Å². The maximum atomic E-state index is 14.1. The number of amides is 2. The van der Waals surface area contributed by atoms with Crippen molar-refractivity contribution in [2.45, 2.75) is 95.6 Å². The predicted molar refractivity (Wildman–Crippen MR) is 136 cm³/mol. The van der Waals surface area contributed by atoms with Gasteiger partial charge in [0.1, 0.15) is 0 Å². The summed E-state index contributed by atoms with van der Waals surface area (Å²) in [5.41, 5.74) is 1.30. The van der Waals surface area contributed by atoms with Gasteiger partial charge in [-0.05, 0) is 75.1 Å². The molecule has 3 aliphatic heterocycles. The van der Waals surface area contributed by atoms with Gasteiger partial charge in [0.05, 0.1) is 11.5 Å². The Balaban J connectivity index is 1.44. The van der Waals surface area contributed by atoms with Crippen LogP contribution in [0, 0.1) is 11.8 Å². The first-order chi connectivity index (χ1) is 16.5. The number of carbonyl (C=O) groups excluding carboxylic acids is 2. The smallest absolute Gasteiger partial charge is 0.254 e. The minimum atomic E-state index is -0.387. The first-order valence-electron chi connectivity index (χ1n) is 13.9. The van der Waals surface area contributed by atoms with Crippen LogP contribution in [-0.2, 0) is 4.79 Å². The van der Waals surface area contributed by atoms with Gasteiger partial charge < -0.3 is 15.1 Å². The average Bonchev–Trinajstić information content (AvgIpc) is 2.86. The van der Waals surface area contributed by atoms with E-state index in [1.54, 1.807) is 0 Å². The number of benzene rings is 1. The highest BCUT2D eigenvalue weighted by Gasteiger charge is 2.54. The van der Waals surface area contributed by atoms with Crippen LogP contribution in [0.15, 0.2) is 24.3 Å². The van der Waals surface area contributed by atoms with E-state index in [9.17, 15) is 9.59 Å². The molecule has 1 aliphatic carbocycles. The number of hydrogen-bond donors (Lipinski definition) is 1. The Kier molecular flexibility index (Phi) is 7.02. The number of nitrogens with zero attached hydrogens (tertiary/aromatic N) is 2. The number of piperidine rings is 2. The number of fused-ring (bicyclic) bond motifs is 2. The van der Waals surface area contributed by atoms with Gasteiger partial charge in [-0.2, -0.15) is 0 Å². The molecule has 2 saturated heterocycles. The Morgan fingerprint density at radius 3 is 2.59 bits per heavy atom. The highest BCUT2D eigenvalue weighted by atomic mass is 16.2. The normalized spacial score (nSPS) is 29.1. The van der Waals surface area contributed by atoms with E-state index in [-0.39, 0.29) is 23.3 Å². The van der Waals surface area contributed by atoms with Crippen LogP contribution in [0.25, 0.3) is 0 Å². The van der Waals surface area contributed by atoms with Crippen molar-refractivity contribution in [3.63, 3.8) is 0 Å². The van der Waals surface area contributed by atoms with Crippen molar-refractivity contribution < 1.29 is 9.59 Å². The Morgan fingerprint density at radius 1 is 1.03 bits per heavy atom. The molecule has 3 atom stereocenters. The third-order valence-corrected chi connectivity index (χ3v) is 9.12. The first-order valence-corrected chi connectivity index (χ1v) is 13.9. The lowest BCUT2D eigenvalue weighted by atomic mass is 9.65. The lowest BCUT2D eigenvalue weighted by molar-refractivity contribution is -0.128. The summed E-state index contributed by atoms with van der Waals surface area (Å²) in [5.74, 6) is 0.916. The van der Waals surface area contributed by atoms with Crippen LogP contribution in [0.5, 0.6) is 0 Å². The molecular formula is C29H43N3O2. The lowest BCUT2D eigenvalue weighted by Gasteiger charge is -2.54. The van der Waals surface area contributed by atoms with E-state index in [0.29, 0.717) is 17.9 Å². The molecule has 5 rings (SSSR count). The van der Waals surface area contributed by atoms with E-state index < -0.39 is 0 Å². The standard InChI is InChI=1S/C29H43N3O2/c1-21(2)20-32-28(34)24-13-5-4-12-23(24)26(29(32)15-7-3-8-16-29)27(33)30-19-22-11-10-18-31-17-9-6-14-25(22)31/h4-5,12-13,21-22,25-26H,3,6-11,14-20H2,1-2H3,(H,30,33)/t22-,25-,26+/m1/s1. The van der Waals surface area contributed by atoms with Crippen LogP contribution in [-0.4, -0.2) is 59.4 Å². The summed E-state index contributed by atoms with van der Waals surface area (Å²) in [4.78, 5) is 32.6. The van der Waals surface area contributed by atoms with Gasteiger partial charge in [-0.15, -0.1) is 0 Å². The molecule has 5 heteroatoms. The highest BCUT2D eigenvalue weighted by Crippen LogP contribution is 2.49. The van der Waals surface area contributed by atoms with E-state index in [1.807, 2.05) is 24.3 Å². The minimum absolute atomic E-state index is 0.125. The van der Waals surface area contributed by atoms with Gasteiger partial charge in [-0.25, -0.2) is 0 Å². The summed E-state index contributed by atoms with van der Waals surface area (Å²) in [5, 5.41) is 3.45. The third-order valence-electron chi connectivity index (χ3n) is 9.12. The maximum Gasteiger partial charge on any atom is 0.254 e. The Hall–Kier alpha value is -1.88. The van der Waals surface area contributed by atoms with Crippen molar-refractivity contribution in [3.05, 3.63) is 35.4 Å². The van der Waals surface area contributed by atoms with Gasteiger partial charge in [0, 0.05) is 24.7 Å². The van der Waals surface area contributed by atoms with Crippen LogP contribution >= 0.6 is 0 Å². The minimum Gasteiger partial charge on any atom is -0.355 e. The molecule has 2 amide bonds. The molecule has 3 fully saturated rings. The summed E-state index contributed by atoms with van der Waals surface area (Å²) in [6.07, 6.45) is 11.6. The second-order valence-corrected chi connectivity index (χ2v) is 11.7. The van der Waals surface area contributed by atoms with E-state index in [1.165, 1.54) is 51.6 Å². The molecule has 5 nitrogen and oxygen atoms in total. The Morgan fingerprint density at radius 2 is 1.79 bits per heavy atom. The molecule has 0 unspecified atom stereocenters. The molecule has 0 aromatic heterocycles. The molecule has 0 radical (unpaired) electrons. The summed E-state index contributed by atoms with van der Waals surface area (Å²) in [7, 11) is 0. The van der Waals surface area contributed by atoms with E-state index in [4.69, 9.17) is 0 Å². The van der Waals surface area contributed by atoms with Gasteiger partial charge >= 0.3 is 0 Å². The zero-order chi connectivity index (χ0) is 23.7. The first kappa shape index (κ1) is 23.8. The summed E-state index contributed by atoms with van der Waals surface area (Å²) >= 11 is 0. The second kappa shape index (κ2) is 10.0. The molecule has 4 aliphatic rings. The SMILES string of the molecule is CC(C)CN1C(=O)c2ccccc2[C@@H](C(=O)NC[C@H]2CCCN3CCCC[C@H]23)C12CCCCC2. The second-order valence-electron chi connectivity index (χ2n) is 11.7. The fourth-order valence-electron chi connectivity index (χ4n) is 7.62. The Bertz CT molecular complexity index is 889. The van der Waals surface area contributed by atoms with Gasteiger partial charge in [0.2, 0.25) is 5.91 Å². The average molecular weight is 466 g/mol. The molecule has 1 saturated carbocycles. The van der Waals surface area contributed by atoms with E-state index in [0.717, 1.165) is 49.9 Å². The largest absolute Gasteiger partial charge is 0.355 e. The van der Waals surface area contributed by atoms with Crippen molar-refractivity contribution in [2.75, 3.05) is 26.2 Å². The van der Waals surface area contributed by atoms with Gasteiger partial charge in [-0.1, -0.05) is 57.7 Å². The number of rotatable bonds is 5. The van der Waals surface area contributed by atoms with Crippen molar-refractivity contribution >= 4 is 11.8 Å². The summed E-state index contributed by atoms with van der Waals surface area (Å²) < 4.78 is 0. The number of nitrogens with one attached hydrogen (secondary N) is 1. The van der Waals surface area contributed by atoms with Crippen LogP contribution in [0.3, 0.4) is 0 Å². The fraction of sp³-hybridized carbons (Fsp3) is 0.724. The van der Waals surface area contributed by atoms with E-state index >= 15 is 0 Å². The monoisotopic (exact) mass is 465 g/mol. The fourth-order valence-corrected chi connectivity index (χ4v) is 7.62. The summed E-state index contributed by atoms with van der Waals surface area (Å²) in [6.45, 7) is 8.29. The van der Waals surface area contributed by atoms with Gasteiger partial charge in [0.25, 0.3) is 5.91 Å². The third kappa shape index (κ3) is 4.29. The van der Waals surface area contributed by atoms with Gasteiger partial charge in [0.15, 0.2) is 0 Å². The van der Waals surface area contributed by atoms with Crippen molar-refractivity contribution in [1.82, 2.24) is 15.1 Å². The highest BCUT2D eigenvalue weighted by molar-refractivity contribution is 6.02. The molecule has 0 bridgehead atoms. The Labute approximate surface area is 205 Å². The van der Waals surface area contributed by atoms with Crippen LogP contribution in [0.2, 0.25) is 0 Å². The molecule has 34 heavy (non-hydrogen) atoms. The molecule has 1 aromatic rings. The summed E-state index contributed by atoms with van der Waals surface area (Å²) in [6, 6.07) is 8.55. The molecule has 1 spiro atoms. The van der Waals surface area contributed by atoms with Crippen LogP contribution < -0.4 is 5.32 Å². The molecule has 1 aromatic carbocycles. The maximum absolute atomic E-state index is 14.1. The number of hydrogen-bond acceptors (Lipinski definition) is 3. The zero-order valence-corrected chi connectivity index (χ0v) is 21.2. The van der Waals surface area contributed by atoms with Crippen molar-refractivity contribution in [3.8, 4) is 0 Å². The molecule has 186 valence electrons. The quantitative estimate of drug-likeness (QED) is 0.668. The lowest BCUT2D eigenvalue weighted by Crippen LogP contribution is -2.63.